The highest BCUT2D eigenvalue weighted by Gasteiger charge is 2.09. The number of benzene rings is 2. The molecule has 0 heterocycles. The average Bonchev–Trinajstić information content (AvgIpc) is 2.47. The minimum atomic E-state index is -0.478. The van der Waals surface area contributed by atoms with Gasteiger partial charge >= 0.3 is 5.97 Å². The van der Waals surface area contributed by atoms with Gasteiger partial charge in [0.2, 0.25) is 0 Å². The van der Waals surface area contributed by atoms with E-state index in [1.165, 1.54) is 6.92 Å². The molecule has 2 aromatic rings. The molecular weight excluding hydrogens is 256 g/mol. The molecule has 2 aromatic carbocycles. The molecule has 0 aromatic heterocycles. The van der Waals surface area contributed by atoms with Crippen LogP contribution in [0.3, 0.4) is 0 Å². The van der Waals surface area contributed by atoms with Crippen LogP contribution in [0.5, 0.6) is 11.5 Å². The predicted molar refractivity (Wildman–Crippen MR) is 74.4 cm³/mol. The van der Waals surface area contributed by atoms with Crippen LogP contribution in [0.2, 0.25) is 0 Å². The highest BCUT2D eigenvalue weighted by atomic mass is 16.5. The van der Waals surface area contributed by atoms with Crippen LogP contribution in [0.25, 0.3) is 0 Å². The van der Waals surface area contributed by atoms with Gasteiger partial charge in [-0.1, -0.05) is 18.2 Å². The van der Waals surface area contributed by atoms with E-state index in [4.69, 9.17) is 9.47 Å². The lowest BCUT2D eigenvalue weighted by molar-refractivity contribution is 0.0734. The molecule has 0 saturated carbocycles. The quantitative estimate of drug-likeness (QED) is 0.486. The standard InChI is InChI=1S/C16H14O4/c1-11(17)12-6-8-13(9-7-12)16(18)20-15-5-3-4-14(10-15)19-2/h3-10H,1-2H3. The molecule has 2 rings (SSSR count). The van der Waals surface area contributed by atoms with Gasteiger partial charge in [0.25, 0.3) is 0 Å². The number of methoxy groups -OCH3 is 1. The van der Waals surface area contributed by atoms with Crippen molar-refractivity contribution in [3.63, 3.8) is 0 Å². The first-order valence-corrected chi connectivity index (χ1v) is 6.07. The summed E-state index contributed by atoms with van der Waals surface area (Å²) in [5.74, 6) is 0.498. The van der Waals surface area contributed by atoms with Crippen molar-refractivity contribution in [2.45, 2.75) is 6.92 Å². The van der Waals surface area contributed by atoms with E-state index in [2.05, 4.69) is 0 Å². The van der Waals surface area contributed by atoms with Crippen LogP contribution < -0.4 is 9.47 Å². The summed E-state index contributed by atoms with van der Waals surface area (Å²) in [5, 5.41) is 0. The normalized spacial score (nSPS) is 9.90. The zero-order valence-electron chi connectivity index (χ0n) is 11.3. The molecule has 0 amide bonds. The Hall–Kier alpha value is -2.62. The number of ketones is 1. The lowest BCUT2D eigenvalue weighted by Gasteiger charge is -2.06. The molecule has 0 saturated heterocycles. The molecule has 0 aliphatic carbocycles. The Balaban J connectivity index is 2.13. The smallest absolute Gasteiger partial charge is 0.343 e. The Kier molecular flexibility index (Phi) is 4.15. The van der Waals surface area contributed by atoms with Gasteiger partial charge in [0, 0.05) is 11.6 Å². The van der Waals surface area contributed by atoms with Crippen molar-refractivity contribution in [3.8, 4) is 11.5 Å². The van der Waals surface area contributed by atoms with Gasteiger partial charge in [-0.25, -0.2) is 4.79 Å². The topological polar surface area (TPSA) is 52.6 Å². The van der Waals surface area contributed by atoms with Gasteiger partial charge in [-0.3, -0.25) is 4.79 Å². The first-order chi connectivity index (χ1) is 9.60. The molecule has 0 atom stereocenters. The monoisotopic (exact) mass is 270 g/mol. The maximum atomic E-state index is 11.9. The van der Waals surface area contributed by atoms with Crippen molar-refractivity contribution in [1.82, 2.24) is 0 Å². The Bertz CT molecular complexity index is 629. The van der Waals surface area contributed by atoms with Gasteiger partial charge in [0.1, 0.15) is 11.5 Å². The minimum Gasteiger partial charge on any atom is -0.497 e. The van der Waals surface area contributed by atoms with Crippen LogP contribution in [0.4, 0.5) is 0 Å². The molecule has 102 valence electrons. The van der Waals surface area contributed by atoms with Gasteiger partial charge in [-0.15, -0.1) is 0 Å². The Morgan fingerprint density at radius 2 is 1.50 bits per heavy atom. The van der Waals surface area contributed by atoms with Crippen LogP contribution in [0, 0.1) is 0 Å². The van der Waals surface area contributed by atoms with E-state index < -0.39 is 5.97 Å². The van der Waals surface area contributed by atoms with E-state index in [0.29, 0.717) is 22.6 Å². The van der Waals surface area contributed by atoms with E-state index in [1.54, 1.807) is 55.6 Å². The van der Waals surface area contributed by atoms with Crippen molar-refractivity contribution in [1.29, 1.82) is 0 Å². The zero-order valence-corrected chi connectivity index (χ0v) is 11.3. The molecule has 0 aliphatic rings. The lowest BCUT2D eigenvalue weighted by Crippen LogP contribution is -2.08. The maximum absolute atomic E-state index is 11.9. The van der Waals surface area contributed by atoms with Crippen molar-refractivity contribution in [2.75, 3.05) is 7.11 Å². The second-order valence-corrected chi connectivity index (χ2v) is 4.20. The van der Waals surface area contributed by atoms with E-state index in [1.807, 2.05) is 0 Å². The molecule has 0 bridgehead atoms. The van der Waals surface area contributed by atoms with E-state index in [-0.39, 0.29) is 5.78 Å². The Morgan fingerprint density at radius 1 is 0.900 bits per heavy atom. The molecule has 4 nitrogen and oxygen atoms in total. The third-order valence-corrected chi connectivity index (χ3v) is 2.78. The summed E-state index contributed by atoms with van der Waals surface area (Å²) >= 11 is 0. The molecule has 0 aliphatic heterocycles. The van der Waals surface area contributed by atoms with Crippen LogP contribution in [-0.4, -0.2) is 18.9 Å². The van der Waals surface area contributed by atoms with E-state index >= 15 is 0 Å². The molecule has 4 heteroatoms. The molecule has 0 unspecified atom stereocenters. The highest BCUT2D eigenvalue weighted by Crippen LogP contribution is 2.20. The summed E-state index contributed by atoms with van der Waals surface area (Å²) in [6.07, 6.45) is 0. The number of hydrogen-bond donors (Lipinski definition) is 0. The average molecular weight is 270 g/mol. The largest absolute Gasteiger partial charge is 0.497 e. The minimum absolute atomic E-state index is 0.0438. The zero-order chi connectivity index (χ0) is 14.5. The second-order valence-electron chi connectivity index (χ2n) is 4.20. The number of carbonyl (C=O) groups excluding carboxylic acids is 2. The van der Waals surface area contributed by atoms with Gasteiger partial charge in [0.05, 0.1) is 12.7 Å². The van der Waals surface area contributed by atoms with Gasteiger partial charge in [-0.2, -0.15) is 0 Å². The first kappa shape index (κ1) is 13.8. The SMILES string of the molecule is COc1cccc(OC(=O)c2ccc(C(C)=O)cc2)c1. The number of rotatable bonds is 4. The number of Topliss-reactive ketones (excluding diaryl/α,β-unsaturated/α-hetero) is 1. The fourth-order valence-corrected chi connectivity index (χ4v) is 1.67. The predicted octanol–water partition coefficient (Wildman–Crippen LogP) is 3.12. The molecule has 0 N–H and O–H groups in total. The van der Waals surface area contributed by atoms with Crippen molar-refractivity contribution < 1.29 is 19.1 Å². The van der Waals surface area contributed by atoms with Crippen molar-refractivity contribution >= 4 is 11.8 Å². The summed E-state index contributed by atoms with van der Waals surface area (Å²) in [5.41, 5.74) is 0.945. The number of carbonyl (C=O) groups is 2. The molecule has 0 fully saturated rings. The number of ether oxygens (including phenoxy) is 2. The fourth-order valence-electron chi connectivity index (χ4n) is 1.67. The third kappa shape index (κ3) is 3.23. The maximum Gasteiger partial charge on any atom is 0.343 e. The summed E-state index contributed by atoms with van der Waals surface area (Å²) in [4.78, 5) is 23.1. The lowest BCUT2D eigenvalue weighted by atomic mass is 10.1. The fraction of sp³-hybridized carbons (Fsp3) is 0.125. The van der Waals surface area contributed by atoms with Crippen LogP contribution in [-0.2, 0) is 0 Å². The van der Waals surface area contributed by atoms with Gasteiger partial charge < -0.3 is 9.47 Å². The highest BCUT2D eigenvalue weighted by molar-refractivity contribution is 5.96. The molecule has 0 spiro atoms. The van der Waals surface area contributed by atoms with Crippen LogP contribution >= 0.6 is 0 Å². The van der Waals surface area contributed by atoms with Gasteiger partial charge in [0.15, 0.2) is 5.78 Å². The molecular formula is C16H14O4. The third-order valence-electron chi connectivity index (χ3n) is 2.78. The number of hydrogen-bond acceptors (Lipinski definition) is 4. The van der Waals surface area contributed by atoms with E-state index in [9.17, 15) is 9.59 Å². The summed E-state index contributed by atoms with van der Waals surface area (Å²) < 4.78 is 10.3. The van der Waals surface area contributed by atoms with Crippen molar-refractivity contribution in [2.24, 2.45) is 0 Å². The summed E-state index contributed by atoms with van der Waals surface area (Å²) in [6, 6.07) is 13.1. The molecule has 0 radical (unpaired) electrons. The molecule has 20 heavy (non-hydrogen) atoms. The summed E-state index contributed by atoms with van der Waals surface area (Å²) in [6.45, 7) is 1.48. The first-order valence-electron chi connectivity index (χ1n) is 6.07. The van der Waals surface area contributed by atoms with Gasteiger partial charge in [-0.05, 0) is 31.2 Å². The van der Waals surface area contributed by atoms with Crippen LogP contribution in [0.1, 0.15) is 27.6 Å². The second kappa shape index (κ2) is 6.02. The Morgan fingerprint density at radius 3 is 2.10 bits per heavy atom. The van der Waals surface area contributed by atoms with Crippen LogP contribution in [0.15, 0.2) is 48.5 Å². The number of esters is 1. The summed E-state index contributed by atoms with van der Waals surface area (Å²) in [7, 11) is 1.54. The Labute approximate surface area is 116 Å². The van der Waals surface area contributed by atoms with Crippen molar-refractivity contribution in [3.05, 3.63) is 59.7 Å². The van der Waals surface area contributed by atoms with E-state index in [0.717, 1.165) is 0 Å².